The Morgan fingerprint density at radius 1 is 1.50 bits per heavy atom. The van der Waals surface area contributed by atoms with Crippen molar-refractivity contribution in [2.75, 3.05) is 5.88 Å². The quantitative estimate of drug-likeness (QED) is 0.414. The fourth-order valence-corrected chi connectivity index (χ4v) is 0.709. The molecule has 8 heavy (non-hydrogen) atoms. The molecule has 0 spiro atoms. The lowest BCUT2D eigenvalue weighted by Crippen LogP contribution is -1.91. The maximum Gasteiger partial charge on any atom is 0.0973 e. The highest BCUT2D eigenvalue weighted by atomic mass is 35.5. The molecule has 2 heteroatoms. The van der Waals surface area contributed by atoms with Crippen LogP contribution >= 0.6 is 11.6 Å². The Morgan fingerprint density at radius 2 is 2.12 bits per heavy atom. The van der Waals surface area contributed by atoms with Gasteiger partial charge in [0.2, 0.25) is 0 Å². The van der Waals surface area contributed by atoms with E-state index in [1.807, 2.05) is 0 Å². The Hall–Kier alpha value is 0.220. The van der Waals surface area contributed by atoms with Crippen molar-refractivity contribution in [3.8, 4) is 0 Å². The predicted octanol–water partition coefficient (Wildman–Crippen LogP) is 2.75. The average molecular weight is 139 g/mol. The lowest BCUT2D eigenvalue weighted by Gasteiger charge is -1.96. The molecule has 0 saturated carbocycles. The molecule has 0 amide bonds. The number of unbranched alkanes of at least 4 members (excludes halogenated alkanes) is 1. The highest BCUT2D eigenvalue weighted by Crippen LogP contribution is 2.03. The van der Waals surface area contributed by atoms with E-state index >= 15 is 0 Å². The Kier molecular flexibility index (Phi) is 5.51. The van der Waals surface area contributed by atoms with Crippen molar-refractivity contribution in [3.63, 3.8) is 0 Å². The smallest absolute Gasteiger partial charge is 0.0973 e. The van der Waals surface area contributed by atoms with Crippen LogP contribution in [0, 0.1) is 0 Å². The van der Waals surface area contributed by atoms with E-state index in [0.717, 1.165) is 12.8 Å². The summed E-state index contributed by atoms with van der Waals surface area (Å²) in [6.45, 7) is 1.58. The zero-order chi connectivity index (χ0) is 6.41. The van der Waals surface area contributed by atoms with Crippen molar-refractivity contribution in [2.24, 2.45) is 0 Å². The standard InChI is InChI=1S/C6H12ClF/c1-6(8)4-2-3-5-7/h6H,2-5H2,1H3. The van der Waals surface area contributed by atoms with E-state index in [-0.39, 0.29) is 0 Å². The molecule has 0 aliphatic carbocycles. The third kappa shape index (κ3) is 6.22. The van der Waals surface area contributed by atoms with Crippen LogP contribution in [0.15, 0.2) is 0 Å². The highest BCUT2D eigenvalue weighted by molar-refractivity contribution is 6.17. The number of halogens is 2. The van der Waals surface area contributed by atoms with Gasteiger partial charge in [-0.15, -0.1) is 11.6 Å². The van der Waals surface area contributed by atoms with Gasteiger partial charge in [-0.2, -0.15) is 0 Å². The molecule has 0 aliphatic rings. The maximum absolute atomic E-state index is 12.0. The predicted molar refractivity (Wildman–Crippen MR) is 35.1 cm³/mol. The minimum absolute atomic E-state index is 0.654. The maximum atomic E-state index is 12.0. The van der Waals surface area contributed by atoms with Gasteiger partial charge in [-0.1, -0.05) is 0 Å². The van der Waals surface area contributed by atoms with Crippen molar-refractivity contribution < 1.29 is 4.39 Å². The van der Waals surface area contributed by atoms with Gasteiger partial charge in [-0.05, 0) is 26.2 Å². The molecule has 0 aromatic carbocycles. The summed E-state index contributed by atoms with van der Waals surface area (Å²) in [5.41, 5.74) is 0. The molecule has 0 N–H and O–H groups in total. The number of hydrogen-bond donors (Lipinski definition) is 0. The van der Waals surface area contributed by atoms with Crippen molar-refractivity contribution in [2.45, 2.75) is 32.4 Å². The van der Waals surface area contributed by atoms with Gasteiger partial charge in [-0.3, -0.25) is 0 Å². The van der Waals surface area contributed by atoms with Gasteiger partial charge in [0.25, 0.3) is 0 Å². The third-order valence-electron chi connectivity index (χ3n) is 0.986. The first-order valence-electron chi connectivity index (χ1n) is 2.97. The SMILES string of the molecule is CC(F)CCCCCl. The third-order valence-corrected chi connectivity index (χ3v) is 1.25. The fourth-order valence-electron chi connectivity index (χ4n) is 0.520. The Bertz CT molecular complexity index is 45.8. The molecule has 1 unspecified atom stereocenters. The summed E-state index contributed by atoms with van der Waals surface area (Å²) < 4.78 is 12.0. The van der Waals surface area contributed by atoms with Crippen LogP contribution < -0.4 is 0 Å². The van der Waals surface area contributed by atoms with Crippen LogP contribution in [-0.2, 0) is 0 Å². The highest BCUT2D eigenvalue weighted by Gasteiger charge is 1.94. The monoisotopic (exact) mass is 138 g/mol. The van der Waals surface area contributed by atoms with Crippen LogP contribution in [0.25, 0.3) is 0 Å². The van der Waals surface area contributed by atoms with E-state index in [2.05, 4.69) is 0 Å². The lowest BCUT2D eigenvalue weighted by atomic mass is 10.2. The van der Waals surface area contributed by atoms with E-state index in [4.69, 9.17) is 11.6 Å². The van der Waals surface area contributed by atoms with E-state index in [1.54, 1.807) is 6.92 Å². The number of alkyl halides is 2. The second-order valence-electron chi connectivity index (χ2n) is 1.97. The number of rotatable bonds is 4. The first kappa shape index (κ1) is 8.22. The summed E-state index contributed by atoms with van der Waals surface area (Å²) in [4.78, 5) is 0. The van der Waals surface area contributed by atoms with Crippen molar-refractivity contribution >= 4 is 11.6 Å². The van der Waals surface area contributed by atoms with Crippen LogP contribution in [0.5, 0.6) is 0 Å². The van der Waals surface area contributed by atoms with E-state index in [0.29, 0.717) is 12.3 Å². The molecule has 0 aliphatic heterocycles. The van der Waals surface area contributed by atoms with Crippen LogP contribution in [0.2, 0.25) is 0 Å². The largest absolute Gasteiger partial charge is 0.248 e. The zero-order valence-electron chi connectivity index (χ0n) is 5.16. The molecule has 0 rings (SSSR count). The first-order valence-corrected chi connectivity index (χ1v) is 3.51. The van der Waals surface area contributed by atoms with Gasteiger partial charge in [0.1, 0.15) is 0 Å². The molecule has 0 aromatic heterocycles. The minimum Gasteiger partial charge on any atom is -0.248 e. The lowest BCUT2D eigenvalue weighted by molar-refractivity contribution is 0.333. The van der Waals surface area contributed by atoms with Gasteiger partial charge < -0.3 is 0 Å². The summed E-state index contributed by atoms with van der Waals surface area (Å²) in [7, 11) is 0. The molecular formula is C6H12ClF. The molecule has 0 aromatic rings. The van der Waals surface area contributed by atoms with Crippen molar-refractivity contribution in [3.05, 3.63) is 0 Å². The molecule has 0 heterocycles. The summed E-state index contributed by atoms with van der Waals surface area (Å²) in [5.74, 6) is 0.659. The van der Waals surface area contributed by atoms with Crippen LogP contribution in [-0.4, -0.2) is 12.1 Å². The zero-order valence-corrected chi connectivity index (χ0v) is 5.92. The van der Waals surface area contributed by atoms with Crippen LogP contribution in [0.4, 0.5) is 4.39 Å². The van der Waals surface area contributed by atoms with Crippen molar-refractivity contribution in [1.82, 2.24) is 0 Å². The van der Waals surface area contributed by atoms with Gasteiger partial charge in [0.05, 0.1) is 6.17 Å². The Balaban J connectivity index is 2.72. The molecular weight excluding hydrogens is 127 g/mol. The minimum atomic E-state index is -0.654. The topological polar surface area (TPSA) is 0 Å². The summed E-state index contributed by atoms with van der Waals surface area (Å²) in [6.07, 6.45) is 1.86. The number of hydrogen-bond acceptors (Lipinski definition) is 0. The van der Waals surface area contributed by atoms with E-state index in [9.17, 15) is 4.39 Å². The fraction of sp³-hybridized carbons (Fsp3) is 1.00. The summed E-state index contributed by atoms with van der Waals surface area (Å²) in [6, 6.07) is 0. The molecule has 0 radical (unpaired) electrons. The van der Waals surface area contributed by atoms with E-state index in [1.165, 1.54) is 0 Å². The van der Waals surface area contributed by atoms with Gasteiger partial charge in [0.15, 0.2) is 0 Å². The average Bonchev–Trinajstić information content (AvgIpc) is 1.66. The Labute approximate surface area is 55.0 Å². The normalized spacial score (nSPS) is 13.9. The van der Waals surface area contributed by atoms with E-state index < -0.39 is 6.17 Å². The summed E-state index contributed by atoms with van der Waals surface area (Å²) >= 11 is 5.36. The van der Waals surface area contributed by atoms with Crippen LogP contribution in [0.3, 0.4) is 0 Å². The van der Waals surface area contributed by atoms with Gasteiger partial charge in [-0.25, -0.2) is 4.39 Å². The molecule has 0 fully saturated rings. The molecule has 50 valence electrons. The van der Waals surface area contributed by atoms with Crippen molar-refractivity contribution in [1.29, 1.82) is 0 Å². The molecule has 0 nitrogen and oxygen atoms in total. The van der Waals surface area contributed by atoms with Gasteiger partial charge >= 0.3 is 0 Å². The first-order chi connectivity index (χ1) is 3.77. The molecule has 1 atom stereocenters. The van der Waals surface area contributed by atoms with Gasteiger partial charge in [0, 0.05) is 5.88 Å². The Morgan fingerprint density at radius 3 is 2.50 bits per heavy atom. The second kappa shape index (κ2) is 5.36. The molecule has 0 saturated heterocycles. The van der Waals surface area contributed by atoms with Crippen LogP contribution in [0.1, 0.15) is 26.2 Å². The second-order valence-corrected chi connectivity index (χ2v) is 2.34. The summed E-state index contributed by atoms with van der Waals surface area (Å²) in [5, 5.41) is 0. The molecule has 0 bridgehead atoms.